The van der Waals surface area contributed by atoms with E-state index < -0.39 is 11.2 Å². The van der Waals surface area contributed by atoms with Crippen molar-refractivity contribution in [2.75, 3.05) is 7.11 Å². The van der Waals surface area contributed by atoms with Gasteiger partial charge in [0.05, 0.1) is 19.4 Å². The van der Waals surface area contributed by atoms with Crippen LogP contribution in [0.3, 0.4) is 0 Å². The lowest BCUT2D eigenvalue weighted by molar-refractivity contribution is 0.0646. The van der Waals surface area contributed by atoms with E-state index >= 15 is 0 Å². The minimum Gasteiger partial charge on any atom is -0.494 e. The SMILES string of the molecule is CCc1nc2c(c(=O)n(C)c(=O)n2-c2c(OC)ccnc2C)n1COCc1ccccc1. The van der Waals surface area contributed by atoms with Crippen molar-refractivity contribution in [2.45, 2.75) is 33.6 Å². The molecule has 166 valence electrons. The van der Waals surface area contributed by atoms with E-state index in [1.54, 1.807) is 23.8 Å². The third-order valence-electron chi connectivity index (χ3n) is 5.39. The average molecular weight is 435 g/mol. The molecular formula is C23H25N5O4. The van der Waals surface area contributed by atoms with Crippen molar-refractivity contribution in [2.24, 2.45) is 7.05 Å². The van der Waals surface area contributed by atoms with Crippen molar-refractivity contribution in [1.29, 1.82) is 0 Å². The summed E-state index contributed by atoms with van der Waals surface area (Å²) in [5, 5.41) is 0. The molecule has 9 nitrogen and oxygen atoms in total. The van der Waals surface area contributed by atoms with E-state index in [9.17, 15) is 9.59 Å². The highest BCUT2D eigenvalue weighted by Gasteiger charge is 2.23. The third kappa shape index (κ3) is 3.60. The predicted octanol–water partition coefficient (Wildman–Crippen LogP) is 2.33. The van der Waals surface area contributed by atoms with Crippen LogP contribution in [-0.4, -0.2) is 30.8 Å². The molecule has 0 fully saturated rings. The van der Waals surface area contributed by atoms with Crippen molar-refractivity contribution < 1.29 is 9.47 Å². The molecule has 0 aliphatic rings. The number of ether oxygens (including phenoxy) is 2. The largest absolute Gasteiger partial charge is 0.494 e. The summed E-state index contributed by atoms with van der Waals surface area (Å²) < 4.78 is 15.6. The van der Waals surface area contributed by atoms with Crippen LogP contribution in [0.15, 0.2) is 52.2 Å². The Bertz CT molecular complexity index is 1390. The van der Waals surface area contributed by atoms with Crippen LogP contribution in [0.5, 0.6) is 5.75 Å². The van der Waals surface area contributed by atoms with Gasteiger partial charge in [-0.15, -0.1) is 0 Å². The Hall–Kier alpha value is -3.72. The molecule has 1 aromatic carbocycles. The number of nitrogens with zero attached hydrogens (tertiary/aromatic N) is 5. The number of hydrogen-bond donors (Lipinski definition) is 0. The number of hydrogen-bond acceptors (Lipinski definition) is 6. The first-order valence-corrected chi connectivity index (χ1v) is 10.3. The minimum absolute atomic E-state index is 0.130. The molecule has 0 spiro atoms. The fraction of sp³-hybridized carbons (Fsp3) is 0.304. The third-order valence-corrected chi connectivity index (χ3v) is 5.39. The molecule has 4 aromatic rings. The minimum atomic E-state index is -0.519. The topological polar surface area (TPSA) is 93.2 Å². The molecule has 3 heterocycles. The highest BCUT2D eigenvalue weighted by molar-refractivity contribution is 5.74. The molecule has 3 aromatic heterocycles. The van der Waals surface area contributed by atoms with E-state index in [2.05, 4.69) is 9.97 Å². The van der Waals surface area contributed by atoms with E-state index in [0.717, 1.165) is 10.1 Å². The van der Waals surface area contributed by atoms with Crippen molar-refractivity contribution in [3.8, 4) is 11.4 Å². The summed E-state index contributed by atoms with van der Waals surface area (Å²) in [7, 11) is 2.97. The highest BCUT2D eigenvalue weighted by Crippen LogP contribution is 2.26. The molecule has 0 N–H and O–H groups in total. The second-order valence-corrected chi connectivity index (χ2v) is 7.37. The van der Waals surface area contributed by atoms with Gasteiger partial charge in [0.15, 0.2) is 11.2 Å². The fourth-order valence-corrected chi connectivity index (χ4v) is 3.75. The molecule has 0 atom stereocenters. The zero-order valence-corrected chi connectivity index (χ0v) is 18.5. The van der Waals surface area contributed by atoms with Crippen molar-refractivity contribution in [1.82, 2.24) is 23.7 Å². The average Bonchev–Trinajstić information content (AvgIpc) is 3.17. The van der Waals surface area contributed by atoms with E-state index in [-0.39, 0.29) is 12.4 Å². The van der Waals surface area contributed by atoms with Crippen molar-refractivity contribution in [3.05, 3.63) is 80.5 Å². The standard InChI is InChI=1S/C23H25N5O4/c1-5-18-25-21-20(27(18)14-32-13-16-9-7-6-8-10-16)22(29)26(3)23(30)28(21)19-15(2)24-12-11-17(19)31-4/h6-12H,5,13-14H2,1-4H3. The molecule has 0 unspecified atom stereocenters. The van der Waals surface area contributed by atoms with Crippen LogP contribution in [0.25, 0.3) is 16.9 Å². The lowest BCUT2D eigenvalue weighted by Gasteiger charge is -2.15. The Morgan fingerprint density at radius 3 is 2.53 bits per heavy atom. The zero-order valence-electron chi connectivity index (χ0n) is 18.5. The molecule has 0 aliphatic carbocycles. The van der Waals surface area contributed by atoms with Crippen LogP contribution in [0.1, 0.15) is 24.0 Å². The van der Waals surface area contributed by atoms with Crippen LogP contribution >= 0.6 is 0 Å². The van der Waals surface area contributed by atoms with Crippen LogP contribution in [0, 0.1) is 6.92 Å². The molecule has 0 aliphatic heterocycles. The number of aryl methyl sites for hydroxylation is 2. The van der Waals surface area contributed by atoms with Gasteiger partial charge < -0.3 is 9.47 Å². The number of fused-ring (bicyclic) bond motifs is 1. The number of rotatable bonds is 7. The summed E-state index contributed by atoms with van der Waals surface area (Å²) in [6.07, 6.45) is 2.17. The monoisotopic (exact) mass is 435 g/mol. The lowest BCUT2D eigenvalue weighted by Crippen LogP contribution is -2.38. The smallest absolute Gasteiger partial charge is 0.337 e. The van der Waals surface area contributed by atoms with Gasteiger partial charge in [-0.1, -0.05) is 37.3 Å². The number of imidazole rings is 1. The molecule has 9 heteroatoms. The first-order chi connectivity index (χ1) is 15.5. The number of methoxy groups -OCH3 is 1. The maximum atomic E-state index is 13.2. The second-order valence-electron chi connectivity index (χ2n) is 7.37. The van der Waals surface area contributed by atoms with Gasteiger partial charge in [-0.25, -0.2) is 14.3 Å². The first-order valence-electron chi connectivity index (χ1n) is 10.3. The van der Waals surface area contributed by atoms with Crippen molar-refractivity contribution in [3.63, 3.8) is 0 Å². The predicted molar refractivity (Wildman–Crippen MR) is 120 cm³/mol. The Labute approximate surface area is 184 Å². The zero-order chi connectivity index (χ0) is 22.8. The van der Waals surface area contributed by atoms with Gasteiger partial charge in [0.1, 0.15) is 24.0 Å². The van der Waals surface area contributed by atoms with Crippen LogP contribution < -0.4 is 16.0 Å². The summed E-state index contributed by atoms with van der Waals surface area (Å²) in [6.45, 7) is 4.24. The maximum absolute atomic E-state index is 13.2. The van der Waals surface area contributed by atoms with E-state index in [0.29, 0.717) is 41.5 Å². The van der Waals surface area contributed by atoms with Crippen LogP contribution in [0.2, 0.25) is 0 Å². The van der Waals surface area contributed by atoms with Gasteiger partial charge in [0.2, 0.25) is 0 Å². The Morgan fingerprint density at radius 1 is 1.09 bits per heavy atom. The fourth-order valence-electron chi connectivity index (χ4n) is 3.75. The Balaban J connectivity index is 1.91. The summed E-state index contributed by atoms with van der Waals surface area (Å²) in [5.41, 5.74) is 1.66. The summed E-state index contributed by atoms with van der Waals surface area (Å²) in [4.78, 5) is 35.3. The van der Waals surface area contributed by atoms with Gasteiger partial charge in [-0.3, -0.25) is 18.9 Å². The van der Waals surface area contributed by atoms with E-state index in [1.807, 2.05) is 37.3 Å². The Kier molecular flexibility index (Phi) is 5.91. The molecule has 32 heavy (non-hydrogen) atoms. The summed E-state index contributed by atoms with van der Waals surface area (Å²) >= 11 is 0. The van der Waals surface area contributed by atoms with Gasteiger partial charge in [0, 0.05) is 25.7 Å². The first kappa shape index (κ1) is 21.5. The van der Waals surface area contributed by atoms with Crippen LogP contribution in [0.4, 0.5) is 0 Å². The van der Waals surface area contributed by atoms with E-state index in [1.165, 1.54) is 18.7 Å². The molecule has 0 saturated carbocycles. The number of pyridine rings is 1. The molecule has 0 radical (unpaired) electrons. The second kappa shape index (κ2) is 8.80. The van der Waals surface area contributed by atoms with Gasteiger partial charge in [0.25, 0.3) is 5.56 Å². The molecule has 4 rings (SSSR count). The highest BCUT2D eigenvalue weighted by atomic mass is 16.5. The number of benzene rings is 1. The quantitative estimate of drug-likeness (QED) is 0.442. The van der Waals surface area contributed by atoms with Crippen molar-refractivity contribution >= 4 is 11.2 Å². The molecular weight excluding hydrogens is 410 g/mol. The van der Waals surface area contributed by atoms with Crippen LogP contribution in [-0.2, 0) is 31.5 Å². The molecule has 0 bridgehead atoms. The number of aromatic nitrogens is 5. The maximum Gasteiger partial charge on any atom is 0.337 e. The summed E-state index contributed by atoms with van der Waals surface area (Å²) in [6, 6.07) is 11.5. The molecule has 0 saturated heterocycles. The van der Waals surface area contributed by atoms with Gasteiger partial charge in [-0.05, 0) is 12.5 Å². The van der Waals surface area contributed by atoms with E-state index in [4.69, 9.17) is 9.47 Å². The normalized spacial score (nSPS) is 11.2. The Morgan fingerprint density at radius 2 is 1.84 bits per heavy atom. The van der Waals surface area contributed by atoms with Gasteiger partial charge >= 0.3 is 5.69 Å². The summed E-state index contributed by atoms with van der Waals surface area (Å²) in [5.74, 6) is 1.11. The molecule has 0 amide bonds. The lowest BCUT2D eigenvalue weighted by atomic mass is 10.2. The van der Waals surface area contributed by atoms with Gasteiger partial charge in [-0.2, -0.15) is 0 Å².